The molecule has 2 amide bonds. The number of fused-ring (bicyclic) bond motifs is 2. The van der Waals surface area contributed by atoms with E-state index in [2.05, 4.69) is 12.1 Å². The second-order valence-corrected chi connectivity index (χ2v) is 15.8. The van der Waals surface area contributed by atoms with Gasteiger partial charge in [0.25, 0.3) is 11.8 Å². The molecule has 8 rings (SSSR count). The van der Waals surface area contributed by atoms with Crippen molar-refractivity contribution in [3.05, 3.63) is 126 Å². The molecule has 6 nitrogen and oxygen atoms in total. The maximum Gasteiger partial charge on any atom is 0.259 e. The number of carbonyl (C=O) groups excluding carboxylic acids is 2. The predicted octanol–water partition coefficient (Wildman–Crippen LogP) is 10.3. The molecule has 0 N–H and O–H groups in total. The summed E-state index contributed by atoms with van der Waals surface area (Å²) in [5, 5.41) is 23.3. The Morgan fingerprint density at radius 1 is 0.620 bits per heavy atom. The highest BCUT2D eigenvalue weighted by atomic mass is 32.1. The molecule has 0 unspecified atom stereocenters. The molecule has 0 aliphatic carbocycles. The molecule has 0 atom stereocenters. The fourth-order valence-electron chi connectivity index (χ4n) is 6.25. The summed E-state index contributed by atoms with van der Waals surface area (Å²) < 4.78 is 0. The van der Waals surface area contributed by atoms with Crippen LogP contribution in [0.2, 0.25) is 0 Å². The first-order valence-corrected chi connectivity index (χ1v) is 18.8. The quantitative estimate of drug-likeness (QED) is 0.127. The number of hydrogen-bond donors (Lipinski definition) is 0. The van der Waals surface area contributed by atoms with E-state index in [1.165, 1.54) is 22.7 Å². The van der Waals surface area contributed by atoms with Gasteiger partial charge < -0.3 is 9.80 Å². The fourth-order valence-corrected chi connectivity index (χ4v) is 9.53. The zero-order chi connectivity index (χ0) is 34.5. The van der Waals surface area contributed by atoms with Gasteiger partial charge in [-0.25, -0.2) is 0 Å². The van der Waals surface area contributed by atoms with E-state index in [-0.39, 0.29) is 11.8 Å². The molecule has 0 saturated carbocycles. The Kier molecular flexibility index (Phi) is 8.02. The molecule has 240 valence electrons. The number of carbonyl (C=O) groups is 2. The van der Waals surface area contributed by atoms with Gasteiger partial charge >= 0.3 is 0 Å². The van der Waals surface area contributed by atoms with Gasteiger partial charge in [-0.15, -0.1) is 45.3 Å². The van der Waals surface area contributed by atoms with Crippen LogP contribution in [0.15, 0.2) is 95.7 Å². The molecule has 10 heteroatoms. The topological polar surface area (TPSA) is 88.2 Å². The monoisotopic (exact) mass is 720 g/mol. The maximum absolute atomic E-state index is 13.9. The number of rotatable bonds is 6. The first kappa shape index (κ1) is 31.6. The minimum Gasteiger partial charge on any atom is -0.311 e. The Morgan fingerprint density at radius 2 is 1.06 bits per heavy atom. The van der Waals surface area contributed by atoms with Gasteiger partial charge in [-0.3, -0.25) is 9.59 Å². The minimum absolute atomic E-state index is 0.219. The van der Waals surface area contributed by atoms with E-state index in [1.807, 2.05) is 108 Å². The van der Waals surface area contributed by atoms with Crippen molar-refractivity contribution >= 4 is 103 Å². The molecular weight excluding hydrogens is 697 g/mol. The van der Waals surface area contributed by atoms with Crippen LogP contribution in [0.4, 0.5) is 11.4 Å². The van der Waals surface area contributed by atoms with E-state index in [0.29, 0.717) is 22.3 Å². The standard InChI is InChI=1S/C40H24N4O2S4/c1-43-31-19-23(35-13-9-27(49-35)17-25(21-41)33-5-3-15-47-33)7-11-29(31)37(39(43)45)38-30-12-8-24(20-32(30)44(2)40(38)46)36-14-10-28(50-36)18-26(22-42)34-6-4-16-48-34/h3-20H,1-2H3/b25-17+,26-18+,38-37+. The average Bonchev–Trinajstić information content (AvgIpc) is 4.00. The molecule has 2 aliphatic rings. The Hall–Kier alpha value is -5.62. The second-order valence-electron chi connectivity index (χ2n) is 11.6. The van der Waals surface area contributed by atoms with E-state index < -0.39 is 0 Å². The molecule has 6 aromatic rings. The van der Waals surface area contributed by atoms with Gasteiger partial charge in [0.05, 0.1) is 33.7 Å². The number of benzene rings is 2. The Labute approximate surface area is 304 Å². The second kappa shape index (κ2) is 12.7. The summed E-state index contributed by atoms with van der Waals surface area (Å²) in [6.45, 7) is 0. The number of nitriles is 2. The lowest BCUT2D eigenvalue weighted by molar-refractivity contribution is -0.114. The van der Waals surface area contributed by atoms with Gasteiger partial charge in [0.2, 0.25) is 0 Å². The lowest BCUT2D eigenvalue weighted by Crippen LogP contribution is -2.24. The first-order valence-electron chi connectivity index (χ1n) is 15.5. The van der Waals surface area contributed by atoms with Gasteiger partial charge in [0.1, 0.15) is 12.1 Å². The molecule has 2 aliphatic heterocycles. The highest BCUT2D eigenvalue weighted by Gasteiger charge is 2.40. The third-order valence-electron chi connectivity index (χ3n) is 8.75. The molecule has 2 aromatic carbocycles. The minimum atomic E-state index is -0.219. The maximum atomic E-state index is 13.9. The first-order chi connectivity index (χ1) is 24.3. The van der Waals surface area contributed by atoms with Crippen molar-refractivity contribution in [2.24, 2.45) is 0 Å². The Bertz CT molecular complexity index is 2360. The van der Waals surface area contributed by atoms with Crippen LogP contribution in [0.5, 0.6) is 0 Å². The molecule has 0 bridgehead atoms. The van der Waals surface area contributed by atoms with E-state index in [1.54, 1.807) is 46.6 Å². The zero-order valence-corrected chi connectivity index (χ0v) is 29.9. The third kappa shape index (κ3) is 5.36. The summed E-state index contributed by atoms with van der Waals surface area (Å²) in [5.74, 6) is -0.437. The van der Waals surface area contributed by atoms with E-state index in [4.69, 9.17) is 0 Å². The summed E-state index contributed by atoms with van der Waals surface area (Å²) >= 11 is 6.23. The van der Waals surface area contributed by atoms with Crippen molar-refractivity contribution in [2.45, 2.75) is 0 Å². The van der Waals surface area contributed by atoms with Crippen LogP contribution >= 0.6 is 45.3 Å². The normalized spacial score (nSPS) is 15.8. The summed E-state index contributed by atoms with van der Waals surface area (Å²) in [5.41, 5.74) is 6.91. The van der Waals surface area contributed by atoms with Crippen LogP contribution in [0, 0.1) is 22.7 Å². The fraction of sp³-hybridized carbons (Fsp3) is 0.0500. The number of anilines is 2. The lowest BCUT2D eigenvalue weighted by Gasteiger charge is -2.10. The number of amides is 2. The largest absolute Gasteiger partial charge is 0.311 e. The molecule has 6 heterocycles. The van der Waals surface area contributed by atoms with E-state index in [0.717, 1.165) is 62.9 Å². The molecule has 50 heavy (non-hydrogen) atoms. The predicted molar refractivity (Wildman–Crippen MR) is 209 cm³/mol. The molecule has 0 saturated heterocycles. The summed E-state index contributed by atoms with van der Waals surface area (Å²) in [6, 6.07) is 32.2. The Morgan fingerprint density at radius 3 is 1.44 bits per heavy atom. The molecular formula is C40H24N4O2S4. The van der Waals surface area contributed by atoms with Crippen LogP contribution in [-0.4, -0.2) is 25.9 Å². The summed E-state index contributed by atoms with van der Waals surface area (Å²) in [7, 11) is 3.49. The van der Waals surface area contributed by atoms with Crippen molar-refractivity contribution in [2.75, 3.05) is 23.9 Å². The van der Waals surface area contributed by atoms with Crippen LogP contribution in [-0.2, 0) is 9.59 Å². The van der Waals surface area contributed by atoms with Crippen molar-refractivity contribution in [1.29, 1.82) is 10.5 Å². The number of allylic oxidation sites excluding steroid dienone is 2. The van der Waals surface area contributed by atoms with Crippen LogP contribution in [0.3, 0.4) is 0 Å². The molecule has 0 spiro atoms. The highest BCUT2D eigenvalue weighted by molar-refractivity contribution is 7.17. The van der Waals surface area contributed by atoms with Crippen LogP contribution in [0.1, 0.15) is 30.6 Å². The summed E-state index contributed by atoms with van der Waals surface area (Å²) in [4.78, 5) is 36.8. The summed E-state index contributed by atoms with van der Waals surface area (Å²) in [6.07, 6.45) is 3.81. The number of thiophene rings is 4. The average molecular weight is 721 g/mol. The molecule has 0 radical (unpaired) electrons. The van der Waals surface area contributed by atoms with Crippen LogP contribution in [0.25, 0.3) is 55.3 Å². The third-order valence-corrected chi connectivity index (χ3v) is 12.7. The zero-order valence-electron chi connectivity index (χ0n) is 26.6. The van der Waals surface area contributed by atoms with Crippen LogP contribution < -0.4 is 9.80 Å². The smallest absolute Gasteiger partial charge is 0.259 e. The molecule has 0 fully saturated rings. The van der Waals surface area contributed by atoms with Gasteiger partial charge in [0.15, 0.2) is 0 Å². The van der Waals surface area contributed by atoms with Crippen molar-refractivity contribution in [1.82, 2.24) is 0 Å². The van der Waals surface area contributed by atoms with Crippen molar-refractivity contribution < 1.29 is 9.59 Å². The van der Waals surface area contributed by atoms with E-state index in [9.17, 15) is 20.1 Å². The molecule has 4 aromatic heterocycles. The van der Waals surface area contributed by atoms with E-state index >= 15 is 0 Å². The number of hydrogen-bond acceptors (Lipinski definition) is 8. The highest BCUT2D eigenvalue weighted by Crippen LogP contribution is 2.48. The van der Waals surface area contributed by atoms with Crippen molar-refractivity contribution in [3.8, 4) is 33.0 Å². The Balaban J connectivity index is 1.13. The van der Waals surface area contributed by atoms with Crippen molar-refractivity contribution in [3.63, 3.8) is 0 Å². The number of nitrogens with zero attached hydrogens (tertiary/aromatic N) is 4. The number of likely N-dealkylation sites (N-methyl/N-ethyl adjacent to an activating group) is 2. The van der Waals surface area contributed by atoms with Gasteiger partial charge in [-0.2, -0.15) is 10.5 Å². The van der Waals surface area contributed by atoms with Gasteiger partial charge in [-0.05, 0) is 82.6 Å². The lowest BCUT2D eigenvalue weighted by atomic mass is 9.95. The van der Waals surface area contributed by atoms with Gasteiger partial charge in [-0.1, -0.05) is 36.4 Å². The van der Waals surface area contributed by atoms with Gasteiger partial charge in [0, 0.05) is 54.5 Å². The SMILES string of the molecule is CN1C(=O)/C(=C2/C(=O)N(C)c3cc(-c4ccc(/C=C(\C#N)c5cccs5)s4)ccc32)c2ccc(-c3ccc(/C=C(\C#N)c4cccs4)s3)cc21.